The van der Waals surface area contributed by atoms with Crippen molar-refractivity contribution in [2.45, 2.75) is 19.4 Å². The second-order valence-corrected chi connectivity index (χ2v) is 9.36. The molecule has 40 heavy (non-hydrogen) atoms. The minimum atomic E-state index is -1.41. The number of nitrogens with zero attached hydrogens (tertiary/aromatic N) is 2. The van der Waals surface area contributed by atoms with E-state index in [1.807, 2.05) is 24.3 Å². The number of hydrogen-bond acceptors (Lipinski definition) is 6. The number of aromatic nitrogens is 1. The number of carbonyl (C=O) groups is 2. The van der Waals surface area contributed by atoms with Gasteiger partial charge in [0.1, 0.15) is 34.3 Å². The second-order valence-electron chi connectivity index (χ2n) is 9.36. The maximum absolute atomic E-state index is 15.5. The van der Waals surface area contributed by atoms with Gasteiger partial charge < -0.3 is 20.5 Å². The van der Waals surface area contributed by atoms with Crippen molar-refractivity contribution in [2.24, 2.45) is 11.1 Å². The standard InChI is InChI=1S/C30H26F2N4O4/c1-39-22-8-2-19(3-9-22)18-35-27-17-24(12-15-34-27)40-23-10-11-26(25(32)16-23)36(21-6-4-20(31)5-7-21)29(38)30(13-14-30)28(33)37/h2-12,15-17H,13-14,18H2,1H3,(H2,33,37)(H,34,35). The Morgan fingerprint density at radius 1 is 0.950 bits per heavy atom. The number of carbonyl (C=O) groups excluding carboxylic acids is 2. The zero-order chi connectivity index (χ0) is 28.3. The van der Waals surface area contributed by atoms with Gasteiger partial charge in [0, 0.05) is 30.6 Å². The third-order valence-electron chi connectivity index (χ3n) is 6.68. The first kappa shape index (κ1) is 26.6. The fraction of sp³-hybridized carbons (Fsp3) is 0.167. The van der Waals surface area contributed by atoms with Crippen LogP contribution in [0, 0.1) is 17.0 Å². The van der Waals surface area contributed by atoms with E-state index in [-0.39, 0.29) is 30.0 Å². The van der Waals surface area contributed by atoms with Crippen molar-refractivity contribution in [3.05, 3.63) is 102 Å². The molecule has 1 aliphatic carbocycles. The summed E-state index contributed by atoms with van der Waals surface area (Å²) >= 11 is 0. The predicted molar refractivity (Wildman–Crippen MR) is 145 cm³/mol. The van der Waals surface area contributed by atoms with Crippen molar-refractivity contribution >= 4 is 29.0 Å². The summed E-state index contributed by atoms with van der Waals surface area (Å²) in [6.07, 6.45) is 2.08. The summed E-state index contributed by atoms with van der Waals surface area (Å²) in [6.45, 7) is 0.518. The lowest BCUT2D eigenvalue weighted by molar-refractivity contribution is -0.133. The summed E-state index contributed by atoms with van der Waals surface area (Å²) in [6, 6.07) is 19.9. The topological polar surface area (TPSA) is 107 Å². The van der Waals surface area contributed by atoms with Crippen LogP contribution in [0.2, 0.25) is 0 Å². The van der Waals surface area contributed by atoms with Gasteiger partial charge in [-0.3, -0.25) is 14.5 Å². The van der Waals surface area contributed by atoms with Gasteiger partial charge in [-0.1, -0.05) is 12.1 Å². The van der Waals surface area contributed by atoms with Gasteiger partial charge in [-0.25, -0.2) is 13.8 Å². The van der Waals surface area contributed by atoms with Gasteiger partial charge in [-0.2, -0.15) is 0 Å². The minimum Gasteiger partial charge on any atom is -0.497 e. The number of pyridine rings is 1. The minimum absolute atomic E-state index is 0.118. The van der Waals surface area contributed by atoms with Crippen LogP contribution in [0.25, 0.3) is 0 Å². The number of anilines is 3. The van der Waals surface area contributed by atoms with Gasteiger partial charge in [0.05, 0.1) is 12.8 Å². The van der Waals surface area contributed by atoms with E-state index in [1.165, 1.54) is 24.3 Å². The first-order valence-electron chi connectivity index (χ1n) is 12.5. The molecule has 0 saturated heterocycles. The molecule has 1 heterocycles. The van der Waals surface area contributed by atoms with Crippen LogP contribution in [0.4, 0.5) is 26.0 Å². The van der Waals surface area contributed by atoms with Crippen molar-refractivity contribution in [1.82, 2.24) is 4.98 Å². The molecule has 0 atom stereocenters. The molecule has 1 fully saturated rings. The first-order chi connectivity index (χ1) is 19.3. The predicted octanol–water partition coefficient (Wildman–Crippen LogP) is 5.70. The summed E-state index contributed by atoms with van der Waals surface area (Å²) in [5.74, 6) is -0.832. The molecule has 0 radical (unpaired) electrons. The lowest BCUT2D eigenvalue weighted by Crippen LogP contribution is -2.41. The highest BCUT2D eigenvalue weighted by Crippen LogP contribution is 2.49. The monoisotopic (exact) mass is 544 g/mol. The fourth-order valence-corrected chi connectivity index (χ4v) is 4.24. The van der Waals surface area contributed by atoms with Crippen LogP contribution in [0.3, 0.4) is 0 Å². The molecule has 3 N–H and O–H groups in total. The lowest BCUT2D eigenvalue weighted by atomic mass is 10.0. The van der Waals surface area contributed by atoms with E-state index in [0.29, 0.717) is 18.1 Å². The summed E-state index contributed by atoms with van der Waals surface area (Å²) in [5, 5.41) is 3.21. The Kier molecular flexibility index (Phi) is 7.33. The van der Waals surface area contributed by atoms with Crippen molar-refractivity contribution < 1.29 is 27.8 Å². The van der Waals surface area contributed by atoms with Crippen LogP contribution in [0.5, 0.6) is 17.2 Å². The molecule has 0 aliphatic heterocycles. The quantitative estimate of drug-likeness (QED) is 0.248. The van der Waals surface area contributed by atoms with Crippen LogP contribution in [-0.2, 0) is 16.1 Å². The molecule has 5 rings (SSSR count). The van der Waals surface area contributed by atoms with Crippen molar-refractivity contribution in [2.75, 3.05) is 17.3 Å². The fourth-order valence-electron chi connectivity index (χ4n) is 4.24. The normalized spacial score (nSPS) is 13.3. The zero-order valence-corrected chi connectivity index (χ0v) is 21.6. The molecule has 8 nitrogen and oxygen atoms in total. The van der Waals surface area contributed by atoms with Gasteiger partial charge >= 0.3 is 0 Å². The number of halogens is 2. The van der Waals surface area contributed by atoms with E-state index < -0.39 is 28.9 Å². The molecule has 4 aromatic rings. The molecule has 1 aliphatic rings. The van der Waals surface area contributed by atoms with Gasteiger partial charge in [0.15, 0.2) is 5.82 Å². The molecule has 1 saturated carbocycles. The summed E-state index contributed by atoms with van der Waals surface area (Å²) in [4.78, 5) is 30.8. The number of methoxy groups -OCH3 is 1. The highest BCUT2D eigenvalue weighted by atomic mass is 19.1. The third-order valence-corrected chi connectivity index (χ3v) is 6.68. The number of primary amides is 1. The van der Waals surface area contributed by atoms with E-state index in [4.69, 9.17) is 15.2 Å². The van der Waals surface area contributed by atoms with Crippen LogP contribution in [-0.4, -0.2) is 23.9 Å². The first-order valence-corrected chi connectivity index (χ1v) is 12.5. The Bertz CT molecular complexity index is 1540. The molecular weight excluding hydrogens is 518 g/mol. The van der Waals surface area contributed by atoms with E-state index in [1.54, 1.807) is 25.4 Å². The number of hydrogen-bond donors (Lipinski definition) is 2. The number of ether oxygens (including phenoxy) is 2. The smallest absolute Gasteiger partial charge is 0.247 e. The van der Waals surface area contributed by atoms with E-state index >= 15 is 4.39 Å². The Morgan fingerprint density at radius 3 is 2.25 bits per heavy atom. The third kappa shape index (κ3) is 5.56. The Labute approximate surface area is 229 Å². The van der Waals surface area contributed by atoms with Crippen LogP contribution in [0.1, 0.15) is 18.4 Å². The summed E-state index contributed by atoms with van der Waals surface area (Å²) in [5.41, 5.74) is 5.20. The molecule has 0 unspecified atom stereocenters. The number of rotatable bonds is 10. The van der Waals surface area contributed by atoms with Gasteiger partial charge in [-0.15, -0.1) is 0 Å². The number of nitrogens with two attached hydrogens (primary N) is 1. The molecule has 10 heteroatoms. The Balaban J connectivity index is 1.35. The molecule has 0 bridgehead atoms. The van der Waals surface area contributed by atoms with Crippen LogP contribution < -0.4 is 25.4 Å². The van der Waals surface area contributed by atoms with Crippen molar-refractivity contribution in [1.29, 1.82) is 0 Å². The molecular formula is C30H26F2N4O4. The molecule has 204 valence electrons. The zero-order valence-electron chi connectivity index (χ0n) is 21.6. The molecule has 2 amide bonds. The number of nitrogens with one attached hydrogen (secondary N) is 1. The summed E-state index contributed by atoms with van der Waals surface area (Å²) in [7, 11) is 1.61. The van der Waals surface area contributed by atoms with E-state index in [2.05, 4.69) is 10.3 Å². The highest BCUT2D eigenvalue weighted by molar-refractivity contribution is 6.16. The Hall–Kier alpha value is -4.99. The largest absolute Gasteiger partial charge is 0.497 e. The highest BCUT2D eigenvalue weighted by Gasteiger charge is 2.57. The second kappa shape index (κ2) is 11.0. The van der Waals surface area contributed by atoms with E-state index in [9.17, 15) is 14.0 Å². The molecule has 0 spiro atoms. The average molecular weight is 545 g/mol. The molecule has 3 aromatic carbocycles. The summed E-state index contributed by atoms with van der Waals surface area (Å²) < 4.78 is 40.1. The van der Waals surface area contributed by atoms with Gasteiger partial charge in [0.2, 0.25) is 11.8 Å². The van der Waals surface area contributed by atoms with Gasteiger partial charge in [0.25, 0.3) is 0 Å². The maximum atomic E-state index is 15.5. The van der Waals surface area contributed by atoms with E-state index in [0.717, 1.165) is 34.4 Å². The Morgan fingerprint density at radius 2 is 1.62 bits per heavy atom. The maximum Gasteiger partial charge on any atom is 0.247 e. The van der Waals surface area contributed by atoms with Crippen molar-refractivity contribution in [3.8, 4) is 17.2 Å². The van der Waals surface area contributed by atoms with Crippen LogP contribution >= 0.6 is 0 Å². The van der Waals surface area contributed by atoms with Gasteiger partial charge in [-0.05, 0) is 73.0 Å². The molecule has 1 aromatic heterocycles. The SMILES string of the molecule is COc1ccc(CNc2cc(Oc3ccc(N(C(=O)C4(C(N)=O)CC4)c4ccc(F)cc4)c(F)c3)ccn2)cc1. The van der Waals surface area contributed by atoms with Crippen molar-refractivity contribution in [3.63, 3.8) is 0 Å². The lowest BCUT2D eigenvalue weighted by Gasteiger charge is -2.27. The number of amides is 2. The average Bonchev–Trinajstić information content (AvgIpc) is 3.77. The number of benzene rings is 3. The van der Waals surface area contributed by atoms with Crippen LogP contribution in [0.15, 0.2) is 85.1 Å².